The van der Waals surface area contributed by atoms with Crippen molar-refractivity contribution in [2.75, 3.05) is 6.54 Å². The molecule has 17 heavy (non-hydrogen) atoms. The third-order valence-electron chi connectivity index (χ3n) is 3.37. The third kappa shape index (κ3) is 3.26. The minimum atomic E-state index is 0.624. The summed E-state index contributed by atoms with van der Waals surface area (Å²) in [6.07, 6.45) is 5.08. The molecule has 1 aromatic rings. The zero-order valence-electron chi connectivity index (χ0n) is 11.0. The van der Waals surface area contributed by atoms with E-state index in [4.69, 9.17) is 4.42 Å². The number of rotatable bonds is 5. The fraction of sp³-hybridized carbons (Fsp3) is 0.769. The highest BCUT2D eigenvalue weighted by Gasteiger charge is 2.29. The predicted octanol–water partition coefficient (Wildman–Crippen LogP) is 3.30. The Morgan fingerprint density at radius 1 is 1.41 bits per heavy atom. The summed E-state index contributed by atoms with van der Waals surface area (Å²) in [5, 5.41) is 5.10. The Labute approximate surface area is 108 Å². The second-order valence-electron chi connectivity index (χ2n) is 4.77. The van der Waals surface area contributed by atoms with E-state index in [-0.39, 0.29) is 0 Å². The summed E-state index contributed by atoms with van der Waals surface area (Å²) in [5.41, 5.74) is 1.02. The molecule has 2 rings (SSSR count). The molecule has 1 aliphatic carbocycles. The average molecular weight is 254 g/mol. The molecule has 4 heteroatoms. The first-order chi connectivity index (χ1) is 8.20. The summed E-state index contributed by atoms with van der Waals surface area (Å²) in [6.45, 7) is 7.31. The minimum absolute atomic E-state index is 0.624. The SMILES string of the molecule is CCCNC1CCCC1Sc1nc(C)c(C)o1. The maximum Gasteiger partial charge on any atom is 0.256 e. The number of aryl methyl sites for hydroxylation is 2. The van der Waals surface area contributed by atoms with Crippen LogP contribution >= 0.6 is 11.8 Å². The minimum Gasteiger partial charge on any atom is -0.437 e. The number of hydrogen-bond donors (Lipinski definition) is 1. The van der Waals surface area contributed by atoms with E-state index in [1.807, 2.05) is 13.8 Å². The van der Waals surface area contributed by atoms with Crippen molar-refractivity contribution in [3.05, 3.63) is 11.5 Å². The van der Waals surface area contributed by atoms with E-state index in [2.05, 4.69) is 17.2 Å². The molecule has 0 amide bonds. The molecule has 2 unspecified atom stereocenters. The van der Waals surface area contributed by atoms with Crippen LogP contribution in [0.5, 0.6) is 0 Å². The molecule has 0 aromatic carbocycles. The highest BCUT2D eigenvalue weighted by Crippen LogP contribution is 2.35. The Morgan fingerprint density at radius 2 is 2.24 bits per heavy atom. The molecule has 1 fully saturated rings. The van der Waals surface area contributed by atoms with E-state index in [0.29, 0.717) is 11.3 Å². The second-order valence-corrected chi connectivity index (χ2v) is 5.96. The Bertz CT molecular complexity index is 345. The fourth-order valence-corrected chi connectivity index (χ4v) is 3.56. The first kappa shape index (κ1) is 13.0. The second kappa shape index (κ2) is 5.91. The van der Waals surface area contributed by atoms with Gasteiger partial charge in [0.15, 0.2) is 0 Å². The highest BCUT2D eigenvalue weighted by molar-refractivity contribution is 7.99. The van der Waals surface area contributed by atoms with E-state index < -0.39 is 0 Å². The van der Waals surface area contributed by atoms with Crippen LogP contribution in [0.15, 0.2) is 9.64 Å². The smallest absolute Gasteiger partial charge is 0.256 e. The first-order valence-corrected chi connectivity index (χ1v) is 7.42. The van der Waals surface area contributed by atoms with Crippen LogP contribution < -0.4 is 5.32 Å². The topological polar surface area (TPSA) is 38.1 Å². The molecule has 2 atom stereocenters. The highest BCUT2D eigenvalue weighted by atomic mass is 32.2. The van der Waals surface area contributed by atoms with Crippen molar-refractivity contribution in [1.29, 1.82) is 0 Å². The third-order valence-corrected chi connectivity index (χ3v) is 4.61. The summed E-state index contributed by atoms with van der Waals surface area (Å²) in [5.74, 6) is 0.948. The molecule has 1 saturated carbocycles. The lowest BCUT2D eigenvalue weighted by Crippen LogP contribution is -2.34. The number of oxazole rings is 1. The number of nitrogens with one attached hydrogen (secondary N) is 1. The number of aromatic nitrogens is 1. The van der Waals surface area contributed by atoms with Gasteiger partial charge in [-0.3, -0.25) is 0 Å². The quantitative estimate of drug-likeness (QED) is 0.875. The van der Waals surface area contributed by atoms with Crippen LogP contribution in [0.2, 0.25) is 0 Å². The molecule has 0 saturated heterocycles. The van der Waals surface area contributed by atoms with Crippen molar-refractivity contribution in [2.45, 2.75) is 63.0 Å². The summed E-state index contributed by atoms with van der Waals surface area (Å²) in [7, 11) is 0. The molecule has 3 nitrogen and oxygen atoms in total. The zero-order chi connectivity index (χ0) is 12.3. The molecule has 96 valence electrons. The van der Waals surface area contributed by atoms with Gasteiger partial charge in [-0.05, 0) is 39.7 Å². The summed E-state index contributed by atoms with van der Waals surface area (Å²) >= 11 is 1.80. The van der Waals surface area contributed by atoms with Crippen LogP contribution in [0.3, 0.4) is 0 Å². The van der Waals surface area contributed by atoms with E-state index in [1.165, 1.54) is 25.7 Å². The number of hydrogen-bond acceptors (Lipinski definition) is 4. The summed E-state index contributed by atoms with van der Waals surface area (Å²) in [6, 6.07) is 0.632. The molecule has 1 aliphatic rings. The number of nitrogens with zero attached hydrogens (tertiary/aromatic N) is 1. The average Bonchev–Trinajstić information content (AvgIpc) is 2.85. The number of thioether (sulfide) groups is 1. The van der Waals surface area contributed by atoms with Gasteiger partial charge in [-0.15, -0.1) is 0 Å². The van der Waals surface area contributed by atoms with Gasteiger partial charge in [0.1, 0.15) is 5.76 Å². The van der Waals surface area contributed by atoms with Gasteiger partial charge in [0.05, 0.1) is 5.69 Å². The Balaban J connectivity index is 1.93. The molecule has 1 heterocycles. The lowest BCUT2D eigenvalue weighted by atomic mass is 10.2. The molecule has 0 spiro atoms. The monoisotopic (exact) mass is 254 g/mol. The fourth-order valence-electron chi connectivity index (χ4n) is 2.25. The van der Waals surface area contributed by atoms with Crippen LogP contribution in [0, 0.1) is 13.8 Å². The maximum absolute atomic E-state index is 5.65. The van der Waals surface area contributed by atoms with E-state index in [1.54, 1.807) is 11.8 Å². The van der Waals surface area contributed by atoms with Crippen LogP contribution in [-0.2, 0) is 0 Å². The lowest BCUT2D eigenvalue weighted by Gasteiger charge is -2.18. The Kier molecular flexibility index (Phi) is 4.51. The molecular formula is C13H22N2OS. The van der Waals surface area contributed by atoms with Gasteiger partial charge >= 0.3 is 0 Å². The van der Waals surface area contributed by atoms with Crippen LogP contribution in [0.4, 0.5) is 0 Å². The van der Waals surface area contributed by atoms with Gasteiger partial charge in [-0.2, -0.15) is 0 Å². The summed E-state index contributed by atoms with van der Waals surface area (Å²) in [4.78, 5) is 4.46. The van der Waals surface area contributed by atoms with Crippen LogP contribution in [-0.4, -0.2) is 22.8 Å². The molecular weight excluding hydrogens is 232 g/mol. The zero-order valence-corrected chi connectivity index (χ0v) is 11.8. The first-order valence-electron chi connectivity index (χ1n) is 6.54. The molecule has 1 aromatic heterocycles. The van der Waals surface area contributed by atoms with Crippen molar-refractivity contribution in [3.63, 3.8) is 0 Å². The largest absolute Gasteiger partial charge is 0.437 e. The van der Waals surface area contributed by atoms with Crippen molar-refractivity contribution < 1.29 is 4.42 Å². The van der Waals surface area contributed by atoms with Gasteiger partial charge in [0.2, 0.25) is 0 Å². The van der Waals surface area contributed by atoms with Gasteiger partial charge in [0.25, 0.3) is 5.22 Å². The molecule has 1 N–H and O–H groups in total. The van der Waals surface area contributed by atoms with E-state index in [0.717, 1.165) is 23.2 Å². The Hall–Kier alpha value is -0.480. The van der Waals surface area contributed by atoms with Crippen molar-refractivity contribution >= 4 is 11.8 Å². The van der Waals surface area contributed by atoms with Gasteiger partial charge in [0, 0.05) is 11.3 Å². The van der Waals surface area contributed by atoms with Gasteiger partial charge < -0.3 is 9.73 Å². The maximum atomic E-state index is 5.65. The normalized spacial score (nSPS) is 24.4. The molecule has 0 radical (unpaired) electrons. The standard InChI is InChI=1S/C13H22N2OS/c1-4-8-14-11-6-5-7-12(11)17-13-15-9(2)10(3)16-13/h11-12,14H,4-8H2,1-3H3. The van der Waals surface area contributed by atoms with E-state index >= 15 is 0 Å². The molecule has 0 aliphatic heterocycles. The van der Waals surface area contributed by atoms with Gasteiger partial charge in [-0.25, -0.2) is 4.98 Å². The lowest BCUT2D eigenvalue weighted by molar-refractivity contribution is 0.428. The molecule has 0 bridgehead atoms. The van der Waals surface area contributed by atoms with Gasteiger partial charge in [-0.1, -0.05) is 25.1 Å². The van der Waals surface area contributed by atoms with Crippen LogP contribution in [0.1, 0.15) is 44.1 Å². The Morgan fingerprint density at radius 3 is 2.88 bits per heavy atom. The van der Waals surface area contributed by atoms with Crippen molar-refractivity contribution in [2.24, 2.45) is 0 Å². The summed E-state index contributed by atoms with van der Waals surface area (Å²) < 4.78 is 5.65. The van der Waals surface area contributed by atoms with Crippen LogP contribution in [0.25, 0.3) is 0 Å². The predicted molar refractivity (Wildman–Crippen MR) is 71.6 cm³/mol. The van der Waals surface area contributed by atoms with Crippen molar-refractivity contribution in [1.82, 2.24) is 10.3 Å². The van der Waals surface area contributed by atoms with E-state index in [9.17, 15) is 0 Å². The van der Waals surface area contributed by atoms with Crippen molar-refractivity contribution in [3.8, 4) is 0 Å².